The number of carbonyl (C=O) groups excluding carboxylic acids is 1. The number of benzene rings is 1. The summed E-state index contributed by atoms with van der Waals surface area (Å²) in [6.45, 7) is 0.949. The molecule has 4 nitrogen and oxygen atoms in total. The van der Waals surface area contributed by atoms with Gasteiger partial charge in [-0.25, -0.2) is 4.39 Å². The van der Waals surface area contributed by atoms with Gasteiger partial charge in [0.2, 0.25) is 5.91 Å². The maximum Gasteiger partial charge on any atom is 0.237 e. The van der Waals surface area contributed by atoms with Gasteiger partial charge in [0.1, 0.15) is 5.82 Å². The minimum atomic E-state index is -0.886. The highest BCUT2D eigenvalue weighted by atomic mass is 19.1. The minimum absolute atomic E-state index is 0.0977. The molecule has 1 saturated heterocycles. The second-order valence-electron chi connectivity index (χ2n) is 4.82. The van der Waals surface area contributed by atoms with E-state index in [0.29, 0.717) is 5.56 Å². The average molecular weight is 266 g/mol. The number of rotatable bonds is 4. The van der Waals surface area contributed by atoms with Crippen LogP contribution in [0.3, 0.4) is 0 Å². The predicted molar refractivity (Wildman–Crippen MR) is 70.0 cm³/mol. The number of nitrogens with one attached hydrogen (secondary N) is 2. The highest BCUT2D eigenvalue weighted by Crippen LogP contribution is 2.13. The smallest absolute Gasteiger partial charge is 0.237 e. The van der Waals surface area contributed by atoms with Crippen molar-refractivity contribution in [1.29, 1.82) is 0 Å². The van der Waals surface area contributed by atoms with Crippen LogP contribution in [-0.4, -0.2) is 30.1 Å². The lowest BCUT2D eigenvalue weighted by molar-refractivity contribution is -0.124. The molecule has 5 heteroatoms. The summed E-state index contributed by atoms with van der Waals surface area (Å²) >= 11 is 0. The van der Waals surface area contributed by atoms with E-state index < -0.39 is 11.9 Å². The summed E-state index contributed by atoms with van der Waals surface area (Å²) in [5.41, 5.74) is 0.469. The standard InChI is InChI=1S/C14H19FN2O2/c15-11-5-3-4-10(8-11)13(18)9-17-14(19)12-6-1-2-7-16-12/h3-5,8,12-13,16,18H,1-2,6-7,9H2,(H,17,19). The number of hydrogen-bond acceptors (Lipinski definition) is 3. The van der Waals surface area contributed by atoms with Gasteiger partial charge in [-0.05, 0) is 37.1 Å². The molecule has 1 amide bonds. The fourth-order valence-corrected chi connectivity index (χ4v) is 2.23. The number of hydrogen-bond donors (Lipinski definition) is 3. The number of halogens is 1. The number of aliphatic hydroxyl groups excluding tert-OH is 1. The van der Waals surface area contributed by atoms with E-state index in [9.17, 15) is 14.3 Å². The van der Waals surface area contributed by atoms with E-state index in [1.807, 2.05) is 0 Å². The van der Waals surface area contributed by atoms with Gasteiger partial charge in [0.15, 0.2) is 0 Å². The van der Waals surface area contributed by atoms with Crippen molar-refractivity contribution in [3.63, 3.8) is 0 Å². The first-order valence-corrected chi connectivity index (χ1v) is 6.61. The van der Waals surface area contributed by atoms with Crippen LogP contribution in [0, 0.1) is 5.82 Å². The van der Waals surface area contributed by atoms with Gasteiger partial charge in [-0.3, -0.25) is 4.79 Å². The highest BCUT2D eigenvalue weighted by molar-refractivity contribution is 5.81. The van der Waals surface area contributed by atoms with Gasteiger partial charge in [-0.1, -0.05) is 18.6 Å². The van der Waals surface area contributed by atoms with E-state index >= 15 is 0 Å². The Balaban J connectivity index is 1.82. The van der Waals surface area contributed by atoms with Crippen LogP contribution in [0.15, 0.2) is 24.3 Å². The minimum Gasteiger partial charge on any atom is -0.387 e. The SMILES string of the molecule is O=C(NCC(O)c1cccc(F)c1)C1CCCCN1. The van der Waals surface area contributed by atoms with Crippen molar-refractivity contribution in [2.75, 3.05) is 13.1 Å². The van der Waals surface area contributed by atoms with E-state index in [-0.39, 0.29) is 18.5 Å². The average Bonchev–Trinajstić information content (AvgIpc) is 2.45. The molecule has 1 fully saturated rings. The third kappa shape index (κ3) is 4.01. The number of aliphatic hydroxyl groups is 1. The molecule has 104 valence electrons. The third-order valence-electron chi connectivity index (χ3n) is 3.33. The van der Waals surface area contributed by atoms with Crippen LogP contribution in [0.2, 0.25) is 0 Å². The summed E-state index contributed by atoms with van der Waals surface area (Å²) in [4.78, 5) is 11.8. The van der Waals surface area contributed by atoms with E-state index in [0.717, 1.165) is 25.8 Å². The fraction of sp³-hybridized carbons (Fsp3) is 0.500. The van der Waals surface area contributed by atoms with Gasteiger partial charge in [0.25, 0.3) is 0 Å². The van der Waals surface area contributed by atoms with E-state index in [1.54, 1.807) is 12.1 Å². The second-order valence-corrected chi connectivity index (χ2v) is 4.82. The molecule has 3 N–H and O–H groups in total. The molecular weight excluding hydrogens is 247 g/mol. The molecule has 19 heavy (non-hydrogen) atoms. The molecule has 0 radical (unpaired) electrons. The van der Waals surface area contributed by atoms with E-state index in [2.05, 4.69) is 10.6 Å². The highest BCUT2D eigenvalue weighted by Gasteiger charge is 2.21. The first-order chi connectivity index (χ1) is 9.16. The molecule has 1 heterocycles. The maximum atomic E-state index is 13.0. The Bertz CT molecular complexity index is 433. The van der Waals surface area contributed by atoms with Crippen LogP contribution in [0.25, 0.3) is 0 Å². The van der Waals surface area contributed by atoms with Crippen LogP contribution in [0.5, 0.6) is 0 Å². The molecule has 2 rings (SSSR count). The summed E-state index contributed by atoms with van der Waals surface area (Å²) in [6, 6.07) is 5.60. The van der Waals surface area contributed by atoms with Crippen molar-refractivity contribution in [2.45, 2.75) is 31.4 Å². The van der Waals surface area contributed by atoms with E-state index in [1.165, 1.54) is 12.1 Å². The van der Waals surface area contributed by atoms with Crippen molar-refractivity contribution in [1.82, 2.24) is 10.6 Å². The van der Waals surface area contributed by atoms with Crippen LogP contribution in [-0.2, 0) is 4.79 Å². The maximum absolute atomic E-state index is 13.0. The Morgan fingerprint density at radius 3 is 3.05 bits per heavy atom. The third-order valence-corrected chi connectivity index (χ3v) is 3.33. The molecule has 0 saturated carbocycles. The van der Waals surface area contributed by atoms with Gasteiger partial charge >= 0.3 is 0 Å². The lowest BCUT2D eigenvalue weighted by atomic mass is 10.0. The summed E-state index contributed by atoms with van der Waals surface area (Å²) in [5, 5.41) is 15.7. The predicted octanol–water partition coefficient (Wildman–Crippen LogP) is 1.12. The first-order valence-electron chi connectivity index (χ1n) is 6.61. The number of piperidine rings is 1. The molecule has 2 atom stereocenters. The Labute approximate surface area is 112 Å². The van der Waals surface area contributed by atoms with Gasteiger partial charge in [0, 0.05) is 6.54 Å². The van der Waals surface area contributed by atoms with Crippen molar-refractivity contribution < 1.29 is 14.3 Å². The van der Waals surface area contributed by atoms with Crippen molar-refractivity contribution in [3.8, 4) is 0 Å². The lowest BCUT2D eigenvalue weighted by Gasteiger charge is -2.23. The van der Waals surface area contributed by atoms with Crippen LogP contribution in [0.4, 0.5) is 4.39 Å². The summed E-state index contributed by atoms with van der Waals surface area (Å²) in [6.07, 6.45) is 2.07. The summed E-state index contributed by atoms with van der Waals surface area (Å²) in [7, 11) is 0. The van der Waals surface area contributed by atoms with Gasteiger partial charge in [0.05, 0.1) is 12.1 Å². The quantitative estimate of drug-likeness (QED) is 0.765. The fourth-order valence-electron chi connectivity index (χ4n) is 2.23. The molecule has 0 aliphatic carbocycles. The summed E-state index contributed by atoms with van der Waals surface area (Å²) in [5.74, 6) is -0.494. The molecular formula is C14H19FN2O2. The molecule has 1 aliphatic heterocycles. The van der Waals surface area contributed by atoms with Crippen LogP contribution >= 0.6 is 0 Å². The number of amides is 1. The zero-order valence-electron chi connectivity index (χ0n) is 10.7. The molecule has 0 bridgehead atoms. The van der Waals surface area contributed by atoms with Gasteiger partial charge in [-0.15, -0.1) is 0 Å². The van der Waals surface area contributed by atoms with Gasteiger partial charge < -0.3 is 15.7 Å². The molecule has 0 spiro atoms. The van der Waals surface area contributed by atoms with Crippen LogP contribution < -0.4 is 10.6 Å². The van der Waals surface area contributed by atoms with E-state index in [4.69, 9.17) is 0 Å². The van der Waals surface area contributed by atoms with Crippen molar-refractivity contribution in [3.05, 3.63) is 35.6 Å². The molecule has 1 aromatic carbocycles. The number of carbonyl (C=O) groups is 1. The Kier molecular flexibility index (Phi) is 4.87. The second kappa shape index (κ2) is 6.63. The lowest BCUT2D eigenvalue weighted by Crippen LogP contribution is -2.47. The Morgan fingerprint density at radius 1 is 1.53 bits per heavy atom. The normalized spacial score (nSPS) is 20.8. The first kappa shape index (κ1) is 14.0. The zero-order valence-corrected chi connectivity index (χ0v) is 10.7. The topological polar surface area (TPSA) is 61.4 Å². The molecule has 1 aromatic rings. The molecule has 2 unspecified atom stereocenters. The Hall–Kier alpha value is -1.46. The molecule has 1 aliphatic rings. The van der Waals surface area contributed by atoms with Crippen LogP contribution in [0.1, 0.15) is 30.9 Å². The zero-order chi connectivity index (χ0) is 13.7. The largest absolute Gasteiger partial charge is 0.387 e. The molecule has 0 aromatic heterocycles. The van der Waals surface area contributed by atoms with Crippen molar-refractivity contribution in [2.24, 2.45) is 0 Å². The summed E-state index contributed by atoms with van der Waals surface area (Å²) < 4.78 is 13.0. The van der Waals surface area contributed by atoms with Crippen molar-refractivity contribution >= 4 is 5.91 Å². The monoisotopic (exact) mass is 266 g/mol. The van der Waals surface area contributed by atoms with Gasteiger partial charge in [-0.2, -0.15) is 0 Å². The Morgan fingerprint density at radius 2 is 2.37 bits per heavy atom.